The molecule has 0 bridgehead atoms. The summed E-state index contributed by atoms with van der Waals surface area (Å²) in [5.74, 6) is 0.959. The van der Waals surface area contributed by atoms with Gasteiger partial charge in [-0.1, -0.05) is 37.3 Å². The average molecular weight is 185 g/mol. The number of hydrogen-bond donors (Lipinski definition) is 0. The molecule has 14 heavy (non-hydrogen) atoms. The van der Waals surface area contributed by atoms with Crippen LogP contribution in [0.3, 0.4) is 0 Å². The third-order valence-corrected chi connectivity index (χ3v) is 2.13. The van der Waals surface area contributed by atoms with Crippen molar-refractivity contribution in [1.82, 2.24) is 0 Å². The second kappa shape index (κ2) is 4.14. The molecule has 0 aliphatic rings. The molecule has 0 unspecified atom stereocenters. The normalized spacial score (nSPS) is 10.4. The van der Waals surface area contributed by atoms with Crippen molar-refractivity contribution in [2.24, 2.45) is 0 Å². The monoisotopic (exact) mass is 185 g/mol. The molecular formula is C13H13O. The van der Waals surface area contributed by atoms with Gasteiger partial charge in [0.1, 0.15) is 5.75 Å². The Morgan fingerprint density at radius 2 is 2.07 bits per heavy atom. The van der Waals surface area contributed by atoms with Gasteiger partial charge in [0, 0.05) is 5.39 Å². The third kappa shape index (κ3) is 1.72. The second-order valence-corrected chi connectivity index (χ2v) is 3.24. The Kier molecular flexibility index (Phi) is 2.68. The smallest absolute Gasteiger partial charge is 0.127 e. The van der Waals surface area contributed by atoms with E-state index in [9.17, 15) is 0 Å². The number of fused-ring (bicyclic) bond motifs is 1. The van der Waals surface area contributed by atoms with Crippen molar-refractivity contribution in [1.29, 1.82) is 0 Å². The molecule has 2 rings (SSSR count). The lowest BCUT2D eigenvalue weighted by Crippen LogP contribution is -1.95. The van der Waals surface area contributed by atoms with Crippen LogP contribution in [0.5, 0.6) is 5.75 Å². The van der Waals surface area contributed by atoms with Crippen molar-refractivity contribution in [3.8, 4) is 5.75 Å². The highest BCUT2D eigenvalue weighted by Crippen LogP contribution is 2.24. The zero-order valence-corrected chi connectivity index (χ0v) is 8.29. The Hall–Kier alpha value is -1.50. The number of ether oxygens (including phenoxy) is 1. The summed E-state index contributed by atoms with van der Waals surface area (Å²) in [7, 11) is 0. The fourth-order valence-corrected chi connectivity index (χ4v) is 1.46. The first-order valence-electron chi connectivity index (χ1n) is 4.94. The molecule has 2 aromatic rings. The zero-order valence-electron chi connectivity index (χ0n) is 8.29. The van der Waals surface area contributed by atoms with Crippen LogP contribution in [0.4, 0.5) is 0 Å². The van der Waals surface area contributed by atoms with Crippen LogP contribution in [-0.2, 0) is 0 Å². The minimum atomic E-state index is 0.772. The van der Waals surface area contributed by atoms with Gasteiger partial charge in [-0.25, -0.2) is 0 Å². The summed E-state index contributed by atoms with van der Waals surface area (Å²) in [6.07, 6.45) is 1.03. The van der Waals surface area contributed by atoms with E-state index in [-0.39, 0.29) is 0 Å². The topological polar surface area (TPSA) is 9.23 Å². The molecule has 1 nitrogen and oxygen atoms in total. The van der Waals surface area contributed by atoms with Gasteiger partial charge >= 0.3 is 0 Å². The molecule has 0 aliphatic carbocycles. The molecular weight excluding hydrogens is 172 g/mol. The van der Waals surface area contributed by atoms with Crippen molar-refractivity contribution >= 4 is 10.8 Å². The second-order valence-electron chi connectivity index (χ2n) is 3.24. The Bertz CT molecular complexity index is 415. The SMILES string of the molecule is CCCOc1cc[c]c2ccccc12. The lowest BCUT2D eigenvalue weighted by atomic mass is 10.1. The maximum absolute atomic E-state index is 5.65. The molecule has 0 fully saturated rings. The Balaban J connectivity index is 2.43. The van der Waals surface area contributed by atoms with Gasteiger partial charge in [0.05, 0.1) is 6.61 Å². The van der Waals surface area contributed by atoms with Crippen molar-refractivity contribution in [2.45, 2.75) is 13.3 Å². The third-order valence-electron chi connectivity index (χ3n) is 2.13. The quantitative estimate of drug-likeness (QED) is 0.711. The summed E-state index contributed by atoms with van der Waals surface area (Å²) >= 11 is 0. The Labute approximate surface area is 84.3 Å². The summed E-state index contributed by atoms with van der Waals surface area (Å²) in [4.78, 5) is 0. The van der Waals surface area contributed by atoms with Gasteiger partial charge in [0.15, 0.2) is 0 Å². The lowest BCUT2D eigenvalue weighted by molar-refractivity contribution is 0.321. The first-order chi connectivity index (χ1) is 6.92. The number of rotatable bonds is 3. The fourth-order valence-electron chi connectivity index (χ4n) is 1.46. The van der Waals surface area contributed by atoms with E-state index >= 15 is 0 Å². The molecule has 0 saturated heterocycles. The first kappa shape index (κ1) is 9.07. The molecule has 0 N–H and O–H groups in total. The molecule has 0 aliphatic heterocycles. The van der Waals surface area contributed by atoms with Crippen LogP contribution in [0.15, 0.2) is 36.4 Å². The maximum atomic E-state index is 5.65. The van der Waals surface area contributed by atoms with E-state index in [0.717, 1.165) is 29.5 Å². The highest BCUT2D eigenvalue weighted by molar-refractivity contribution is 5.87. The largest absolute Gasteiger partial charge is 0.493 e. The first-order valence-corrected chi connectivity index (χ1v) is 4.94. The van der Waals surface area contributed by atoms with Crippen LogP contribution in [-0.4, -0.2) is 6.61 Å². The summed E-state index contributed by atoms with van der Waals surface area (Å²) in [6.45, 7) is 2.88. The fraction of sp³-hybridized carbons (Fsp3) is 0.231. The molecule has 1 radical (unpaired) electrons. The maximum Gasteiger partial charge on any atom is 0.127 e. The van der Waals surface area contributed by atoms with E-state index in [1.165, 1.54) is 0 Å². The minimum Gasteiger partial charge on any atom is -0.493 e. The van der Waals surface area contributed by atoms with Crippen molar-refractivity contribution < 1.29 is 4.74 Å². The molecule has 0 spiro atoms. The van der Waals surface area contributed by atoms with Crippen molar-refractivity contribution in [3.05, 3.63) is 42.5 Å². The van der Waals surface area contributed by atoms with Gasteiger partial charge in [-0.2, -0.15) is 0 Å². The predicted molar refractivity (Wildman–Crippen MR) is 58.6 cm³/mol. The van der Waals surface area contributed by atoms with E-state index in [2.05, 4.69) is 19.1 Å². The summed E-state index contributed by atoms with van der Waals surface area (Å²) in [6, 6.07) is 15.2. The van der Waals surface area contributed by atoms with Crippen LogP contribution >= 0.6 is 0 Å². The van der Waals surface area contributed by atoms with Gasteiger partial charge in [0.2, 0.25) is 0 Å². The van der Waals surface area contributed by atoms with Crippen LogP contribution < -0.4 is 4.74 Å². The zero-order chi connectivity index (χ0) is 9.80. The van der Waals surface area contributed by atoms with Gasteiger partial charge in [-0.05, 0) is 23.9 Å². The predicted octanol–water partition coefficient (Wildman–Crippen LogP) is 3.43. The highest BCUT2D eigenvalue weighted by atomic mass is 16.5. The summed E-state index contributed by atoms with van der Waals surface area (Å²) in [5.41, 5.74) is 0. The van der Waals surface area contributed by atoms with Gasteiger partial charge < -0.3 is 4.74 Å². The Morgan fingerprint density at radius 1 is 1.21 bits per heavy atom. The average Bonchev–Trinajstić information content (AvgIpc) is 2.26. The molecule has 0 aromatic heterocycles. The van der Waals surface area contributed by atoms with E-state index in [1.807, 2.05) is 30.3 Å². The van der Waals surface area contributed by atoms with Crippen LogP contribution in [0.25, 0.3) is 10.8 Å². The lowest BCUT2D eigenvalue weighted by Gasteiger charge is -2.07. The van der Waals surface area contributed by atoms with Gasteiger partial charge in [-0.3, -0.25) is 0 Å². The molecule has 2 aromatic carbocycles. The van der Waals surface area contributed by atoms with Crippen LogP contribution in [0, 0.1) is 6.07 Å². The van der Waals surface area contributed by atoms with E-state index < -0.39 is 0 Å². The van der Waals surface area contributed by atoms with Gasteiger partial charge in [-0.15, -0.1) is 0 Å². The molecule has 0 amide bonds. The van der Waals surface area contributed by atoms with Crippen molar-refractivity contribution in [2.75, 3.05) is 6.61 Å². The minimum absolute atomic E-state index is 0.772. The highest BCUT2D eigenvalue weighted by Gasteiger charge is 1.99. The van der Waals surface area contributed by atoms with E-state index in [0.29, 0.717) is 0 Å². The van der Waals surface area contributed by atoms with Crippen LogP contribution in [0.1, 0.15) is 13.3 Å². The molecule has 0 atom stereocenters. The number of benzene rings is 2. The van der Waals surface area contributed by atoms with Crippen molar-refractivity contribution in [3.63, 3.8) is 0 Å². The van der Waals surface area contributed by atoms with E-state index in [4.69, 9.17) is 4.74 Å². The standard InChI is InChI=1S/C13H13O/c1-2-10-14-13-9-5-7-11-6-3-4-8-12(11)13/h3-6,8-9H,2,10H2,1H3. The van der Waals surface area contributed by atoms with E-state index in [1.54, 1.807) is 0 Å². The molecule has 0 heterocycles. The molecule has 0 saturated carbocycles. The summed E-state index contributed by atoms with van der Waals surface area (Å²) < 4.78 is 5.65. The van der Waals surface area contributed by atoms with Crippen LogP contribution in [0.2, 0.25) is 0 Å². The summed E-state index contributed by atoms with van der Waals surface area (Å²) in [5, 5.41) is 2.25. The Morgan fingerprint density at radius 3 is 2.93 bits per heavy atom. The van der Waals surface area contributed by atoms with Gasteiger partial charge in [0.25, 0.3) is 0 Å². The molecule has 71 valence electrons. The number of hydrogen-bond acceptors (Lipinski definition) is 1. The molecule has 1 heteroatoms.